The Labute approximate surface area is 239 Å². The number of imidazole rings is 1. The molecule has 1 aromatic carbocycles. The minimum atomic E-state index is -0.456. The minimum Gasteiger partial charge on any atom is -0.492 e. The van der Waals surface area contributed by atoms with Gasteiger partial charge in [0.25, 0.3) is 0 Å². The molecule has 4 aromatic rings. The van der Waals surface area contributed by atoms with Crippen molar-refractivity contribution >= 4 is 23.3 Å². The Hall–Kier alpha value is -4.33. The molecular weight excluding hydrogens is 520 g/mol. The van der Waals surface area contributed by atoms with Gasteiger partial charge in [0.15, 0.2) is 11.6 Å². The van der Waals surface area contributed by atoms with Crippen LogP contribution < -0.4 is 15.4 Å². The highest BCUT2D eigenvalue weighted by atomic mass is 16.5. The summed E-state index contributed by atoms with van der Waals surface area (Å²) in [5.74, 6) is 8.66. The van der Waals surface area contributed by atoms with Crippen LogP contribution in [0.2, 0.25) is 0 Å². The number of carbonyl (C=O) groups is 1. The van der Waals surface area contributed by atoms with Crippen LogP contribution >= 0.6 is 0 Å². The van der Waals surface area contributed by atoms with Crippen LogP contribution in [-0.2, 0) is 10.2 Å². The van der Waals surface area contributed by atoms with Gasteiger partial charge in [0.2, 0.25) is 0 Å². The first-order valence-electron chi connectivity index (χ1n) is 13.8. The SMILES string of the molecule is CC(C)(C)c1cc(NC(=O)Nc2cn3ccc(C#Cc4ccc(OCCN5CCC6(COC6)C5)cc4)cc3n2)no1. The molecule has 2 aliphatic heterocycles. The van der Waals surface area contributed by atoms with Crippen LogP contribution in [0.4, 0.5) is 16.4 Å². The summed E-state index contributed by atoms with van der Waals surface area (Å²) in [5.41, 5.74) is 2.59. The number of amides is 2. The molecule has 2 saturated heterocycles. The van der Waals surface area contributed by atoms with Gasteiger partial charge < -0.3 is 18.4 Å². The fraction of sp³-hybridized carbons (Fsp3) is 0.387. The van der Waals surface area contributed by atoms with Crippen molar-refractivity contribution in [3.8, 4) is 17.6 Å². The minimum absolute atomic E-state index is 0.202. The third kappa shape index (κ3) is 6.37. The second kappa shape index (κ2) is 10.9. The van der Waals surface area contributed by atoms with Gasteiger partial charge in [-0.3, -0.25) is 15.5 Å². The van der Waals surface area contributed by atoms with Gasteiger partial charge in [-0.2, -0.15) is 0 Å². The Kier molecular flexibility index (Phi) is 7.15. The summed E-state index contributed by atoms with van der Waals surface area (Å²) in [4.78, 5) is 19.4. The molecule has 5 heterocycles. The van der Waals surface area contributed by atoms with Crippen LogP contribution in [0.5, 0.6) is 5.75 Å². The van der Waals surface area contributed by atoms with Crippen LogP contribution in [0.1, 0.15) is 44.1 Å². The summed E-state index contributed by atoms with van der Waals surface area (Å²) in [6.07, 6.45) is 4.82. The first-order chi connectivity index (χ1) is 19.7. The van der Waals surface area contributed by atoms with Crippen molar-refractivity contribution in [3.63, 3.8) is 0 Å². The number of urea groups is 1. The number of rotatable bonds is 6. The molecule has 10 nitrogen and oxygen atoms in total. The molecule has 2 amide bonds. The number of fused-ring (bicyclic) bond motifs is 1. The summed E-state index contributed by atoms with van der Waals surface area (Å²) in [5, 5.41) is 9.31. The smallest absolute Gasteiger partial charge is 0.326 e. The van der Waals surface area contributed by atoms with E-state index in [9.17, 15) is 4.79 Å². The van der Waals surface area contributed by atoms with Crippen molar-refractivity contribution in [2.24, 2.45) is 5.41 Å². The number of benzene rings is 1. The topological polar surface area (TPSA) is 106 Å². The average molecular weight is 555 g/mol. The standard InChI is InChI=1S/C31H34N6O4/c1-30(2,3)25-17-26(35-41-25)33-29(38)34-27-18-37-12-10-23(16-28(37)32-27)5-4-22-6-8-24(9-7-22)40-15-14-36-13-11-31(19-36)20-39-21-31/h6-10,12,16-18H,11,13-15,19-21H2,1-3H3,(H2,33,34,35,38). The largest absolute Gasteiger partial charge is 0.492 e. The van der Waals surface area contributed by atoms with E-state index in [-0.39, 0.29) is 5.41 Å². The Morgan fingerprint density at radius 1 is 1.07 bits per heavy atom. The zero-order chi connectivity index (χ0) is 28.5. The zero-order valence-electron chi connectivity index (χ0n) is 23.6. The molecule has 212 valence electrons. The Balaban J connectivity index is 1.01. The fourth-order valence-electron chi connectivity index (χ4n) is 4.99. The van der Waals surface area contributed by atoms with E-state index in [1.807, 2.05) is 67.8 Å². The maximum atomic E-state index is 12.4. The maximum absolute atomic E-state index is 12.4. The monoisotopic (exact) mass is 554 g/mol. The first kappa shape index (κ1) is 26.9. The number of nitrogens with zero attached hydrogens (tertiary/aromatic N) is 4. The van der Waals surface area contributed by atoms with Gasteiger partial charge >= 0.3 is 6.03 Å². The molecule has 6 rings (SSSR count). The predicted octanol–water partition coefficient (Wildman–Crippen LogP) is 4.76. The molecule has 0 unspecified atom stereocenters. The van der Waals surface area contributed by atoms with Crippen LogP contribution in [-0.4, -0.2) is 64.9 Å². The Bertz CT molecular complexity index is 1600. The zero-order valence-corrected chi connectivity index (χ0v) is 23.6. The van der Waals surface area contributed by atoms with Gasteiger partial charge in [0.05, 0.1) is 19.4 Å². The summed E-state index contributed by atoms with van der Waals surface area (Å²) in [7, 11) is 0. The highest BCUT2D eigenvalue weighted by Gasteiger charge is 2.44. The molecule has 10 heteroatoms. The lowest BCUT2D eigenvalue weighted by molar-refractivity contribution is -0.105. The Morgan fingerprint density at radius 3 is 2.56 bits per heavy atom. The molecule has 2 aliphatic rings. The molecule has 41 heavy (non-hydrogen) atoms. The van der Waals surface area contributed by atoms with Crippen LogP contribution in [0.25, 0.3) is 5.65 Å². The first-order valence-corrected chi connectivity index (χ1v) is 13.8. The van der Waals surface area contributed by atoms with Gasteiger partial charge in [0.1, 0.15) is 23.8 Å². The molecule has 0 saturated carbocycles. The molecule has 2 fully saturated rings. The van der Waals surface area contributed by atoms with Gasteiger partial charge in [-0.15, -0.1) is 0 Å². The van der Waals surface area contributed by atoms with E-state index in [2.05, 4.69) is 37.5 Å². The van der Waals surface area contributed by atoms with Crippen molar-refractivity contribution in [1.82, 2.24) is 19.4 Å². The van der Waals surface area contributed by atoms with Crippen molar-refractivity contribution in [1.29, 1.82) is 0 Å². The Morgan fingerprint density at radius 2 is 1.85 bits per heavy atom. The van der Waals surface area contributed by atoms with Crippen molar-refractivity contribution in [2.45, 2.75) is 32.6 Å². The van der Waals surface area contributed by atoms with Crippen molar-refractivity contribution in [3.05, 3.63) is 71.7 Å². The van der Waals surface area contributed by atoms with Crippen LogP contribution in [0.3, 0.4) is 0 Å². The van der Waals surface area contributed by atoms with E-state index in [4.69, 9.17) is 14.0 Å². The summed E-state index contributed by atoms with van der Waals surface area (Å²) < 4.78 is 18.5. The van der Waals surface area contributed by atoms with Crippen molar-refractivity contribution < 1.29 is 18.8 Å². The van der Waals surface area contributed by atoms with E-state index in [0.29, 0.717) is 35.1 Å². The third-order valence-corrected chi connectivity index (χ3v) is 7.41. The van der Waals surface area contributed by atoms with E-state index >= 15 is 0 Å². The number of ether oxygens (including phenoxy) is 2. The number of hydrogen-bond acceptors (Lipinski definition) is 7. The van der Waals surface area contributed by atoms with Crippen LogP contribution in [0, 0.1) is 17.3 Å². The summed E-state index contributed by atoms with van der Waals surface area (Å²) in [6.45, 7) is 11.7. The van der Waals surface area contributed by atoms with E-state index in [0.717, 1.165) is 49.7 Å². The quantitative estimate of drug-likeness (QED) is 0.331. The highest BCUT2D eigenvalue weighted by Crippen LogP contribution is 2.37. The van der Waals surface area contributed by atoms with Gasteiger partial charge in [-0.1, -0.05) is 37.8 Å². The van der Waals surface area contributed by atoms with Gasteiger partial charge in [-0.25, -0.2) is 9.78 Å². The average Bonchev–Trinajstić information content (AvgIpc) is 3.66. The maximum Gasteiger partial charge on any atom is 0.326 e. The van der Waals surface area contributed by atoms with E-state index in [1.165, 1.54) is 6.42 Å². The van der Waals surface area contributed by atoms with Crippen LogP contribution in [0.15, 0.2) is 59.4 Å². The molecule has 2 N–H and O–H groups in total. The molecule has 1 spiro atoms. The van der Waals surface area contributed by atoms with E-state index < -0.39 is 6.03 Å². The van der Waals surface area contributed by atoms with Gasteiger partial charge in [0, 0.05) is 47.3 Å². The lowest BCUT2D eigenvalue weighted by atomic mass is 9.85. The number of aromatic nitrogens is 3. The second-order valence-electron chi connectivity index (χ2n) is 11.9. The van der Waals surface area contributed by atoms with Crippen molar-refractivity contribution in [2.75, 3.05) is 50.1 Å². The second-order valence-corrected chi connectivity index (χ2v) is 11.9. The van der Waals surface area contributed by atoms with E-state index in [1.54, 1.807) is 12.3 Å². The highest BCUT2D eigenvalue weighted by molar-refractivity contribution is 5.98. The number of nitrogens with one attached hydrogen (secondary N) is 2. The normalized spacial score (nSPS) is 16.3. The fourth-order valence-corrected chi connectivity index (χ4v) is 4.99. The predicted molar refractivity (Wildman–Crippen MR) is 155 cm³/mol. The molecule has 0 bridgehead atoms. The number of pyridine rings is 1. The number of carbonyl (C=O) groups excluding carboxylic acids is 1. The number of hydrogen-bond donors (Lipinski definition) is 2. The third-order valence-electron chi connectivity index (χ3n) is 7.41. The lowest BCUT2D eigenvalue weighted by Gasteiger charge is -2.37. The molecular formula is C31H34N6O4. The molecule has 0 atom stereocenters. The number of anilines is 2. The van der Waals surface area contributed by atoms with Gasteiger partial charge in [-0.05, 0) is 49.4 Å². The molecule has 3 aromatic heterocycles. The summed E-state index contributed by atoms with van der Waals surface area (Å²) >= 11 is 0. The summed E-state index contributed by atoms with van der Waals surface area (Å²) in [6, 6.07) is 12.9. The number of likely N-dealkylation sites (tertiary alicyclic amines) is 1. The molecule has 0 radical (unpaired) electrons. The molecule has 0 aliphatic carbocycles. The lowest BCUT2D eigenvalue weighted by Crippen LogP contribution is -2.44.